The molecule has 0 saturated heterocycles. The number of amides is 1. The van der Waals surface area contributed by atoms with Crippen molar-refractivity contribution in [2.24, 2.45) is 13.0 Å². The summed E-state index contributed by atoms with van der Waals surface area (Å²) < 4.78 is 2.01. The number of hydrogen-bond donors (Lipinski definition) is 1. The Bertz CT molecular complexity index is 697. The van der Waals surface area contributed by atoms with Gasteiger partial charge in [-0.15, -0.1) is 0 Å². The molecule has 1 aliphatic rings. The van der Waals surface area contributed by atoms with Crippen LogP contribution in [0.3, 0.4) is 0 Å². The van der Waals surface area contributed by atoms with Gasteiger partial charge in [0.15, 0.2) is 5.16 Å². The van der Waals surface area contributed by atoms with Gasteiger partial charge < -0.3 is 9.88 Å². The van der Waals surface area contributed by atoms with E-state index in [1.807, 2.05) is 36.0 Å². The van der Waals surface area contributed by atoms with Gasteiger partial charge in [0.2, 0.25) is 0 Å². The third kappa shape index (κ3) is 4.20. The number of nitrogens with one attached hydrogen (secondary N) is 1. The number of carbonyl (C=O) groups excluding carboxylic acids is 1. The van der Waals surface area contributed by atoms with Crippen molar-refractivity contribution in [3.05, 3.63) is 47.8 Å². The Morgan fingerprint density at radius 2 is 2.21 bits per heavy atom. The molecule has 5 heteroatoms. The Balaban J connectivity index is 1.61. The molecule has 3 rings (SSSR count). The molecule has 2 unspecified atom stereocenters. The molecule has 4 nitrogen and oxygen atoms in total. The maximum Gasteiger partial charge on any atom is 0.251 e. The van der Waals surface area contributed by atoms with E-state index in [0.29, 0.717) is 12.0 Å². The Morgan fingerprint density at radius 3 is 2.96 bits per heavy atom. The topological polar surface area (TPSA) is 46.9 Å². The zero-order valence-electron chi connectivity index (χ0n) is 14.4. The third-order valence-corrected chi connectivity index (χ3v) is 5.89. The van der Waals surface area contributed by atoms with Crippen LogP contribution in [0.1, 0.15) is 48.5 Å². The molecule has 0 radical (unpaired) electrons. The lowest BCUT2D eigenvalue weighted by atomic mass is 9.86. The van der Waals surface area contributed by atoms with Crippen LogP contribution in [0, 0.1) is 5.92 Å². The van der Waals surface area contributed by atoms with Crippen molar-refractivity contribution in [2.45, 2.75) is 49.6 Å². The van der Waals surface area contributed by atoms with Crippen LogP contribution < -0.4 is 5.32 Å². The van der Waals surface area contributed by atoms with Gasteiger partial charge >= 0.3 is 0 Å². The number of aryl methyl sites for hydroxylation is 1. The highest BCUT2D eigenvalue weighted by Crippen LogP contribution is 2.24. The second-order valence-electron chi connectivity index (χ2n) is 6.65. The maximum atomic E-state index is 12.6. The number of imidazole rings is 1. The Labute approximate surface area is 148 Å². The van der Waals surface area contributed by atoms with E-state index in [2.05, 4.69) is 23.3 Å². The molecule has 1 aromatic carbocycles. The minimum absolute atomic E-state index is 0.0533. The molecule has 1 amide bonds. The van der Waals surface area contributed by atoms with E-state index in [1.54, 1.807) is 18.0 Å². The van der Waals surface area contributed by atoms with Gasteiger partial charge in [-0.05, 0) is 36.5 Å². The first-order chi connectivity index (χ1) is 11.6. The first-order valence-electron chi connectivity index (χ1n) is 8.63. The van der Waals surface area contributed by atoms with Crippen LogP contribution in [0.25, 0.3) is 0 Å². The molecule has 0 aliphatic heterocycles. The number of carbonyl (C=O) groups is 1. The highest BCUT2D eigenvalue weighted by molar-refractivity contribution is 7.98. The normalized spacial score (nSPS) is 20.8. The fraction of sp³-hybridized carbons (Fsp3) is 0.474. The molecule has 2 aromatic rings. The summed E-state index contributed by atoms with van der Waals surface area (Å²) in [5.74, 6) is 1.44. The monoisotopic (exact) mass is 343 g/mol. The summed E-state index contributed by atoms with van der Waals surface area (Å²) in [6, 6.07) is 8.25. The van der Waals surface area contributed by atoms with Gasteiger partial charge in [0.05, 0.1) is 0 Å². The second-order valence-corrected chi connectivity index (χ2v) is 7.59. The van der Waals surface area contributed by atoms with Gasteiger partial charge in [-0.2, -0.15) is 0 Å². The van der Waals surface area contributed by atoms with E-state index in [-0.39, 0.29) is 5.91 Å². The summed E-state index contributed by atoms with van der Waals surface area (Å²) in [5.41, 5.74) is 1.90. The lowest BCUT2D eigenvalue weighted by Crippen LogP contribution is -2.41. The molecule has 1 fully saturated rings. The molecule has 128 valence electrons. The summed E-state index contributed by atoms with van der Waals surface area (Å²) in [7, 11) is 1.99. The summed E-state index contributed by atoms with van der Waals surface area (Å²) in [4.78, 5) is 16.9. The number of hydrogen-bond acceptors (Lipinski definition) is 3. The zero-order valence-corrected chi connectivity index (χ0v) is 15.2. The minimum Gasteiger partial charge on any atom is -0.349 e. The molecule has 1 aliphatic carbocycles. The van der Waals surface area contributed by atoms with E-state index in [4.69, 9.17) is 0 Å². The molecule has 1 heterocycles. The van der Waals surface area contributed by atoms with Crippen molar-refractivity contribution in [1.29, 1.82) is 0 Å². The fourth-order valence-corrected chi connectivity index (χ4v) is 4.10. The lowest BCUT2D eigenvalue weighted by molar-refractivity contribution is 0.0910. The average Bonchev–Trinajstić information content (AvgIpc) is 3.00. The summed E-state index contributed by atoms with van der Waals surface area (Å²) in [6.07, 6.45) is 8.56. The minimum atomic E-state index is 0.0533. The van der Waals surface area contributed by atoms with Crippen molar-refractivity contribution in [3.8, 4) is 0 Å². The first kappa shape index (κ1) is 17.1. The van der Waals surface area contributed by atoms with Crippen LogP contribution in [-0.2, 0) is 12.8 Å². The van der Waals surface area contributed by atoms with Gasteiger partial charge in [0, 0.05) is 36.8 Å². The predicted molar refractivity (Wildman–Crippen MR) is 98.1 cm³/mol. The third-order valence-electron chi connectivity index (χ3n) is 4.76. The molecule has 0 spiro atoms. The van der Waals surface area contributed by atoms with Gasteiger partial charge in [-0.3, -0.25) is 4.79 Å². The van der Waals surface area contributed by atoms with Gasteiger partial charge in [0.25, 0.3) is 5.91 Å². The number of aromatic nitrogens is 2. The summed E-state index contributed by atoms with van der Waals surface area (Å²) in [5, 5.41) is 4.22. The molecular weight excluding hydrogens is 318 g/mol. The van der Waals surface area contributed by atoms with E-state index in [0.717, 1.165) is 28.5 Å². The zero-order chi connectivity index (χ0) is 16.9. The predicted octanol–water partition coefficient (Wildman–Crippen LogP) is 4.02. The van der Waals surface area contributed by atoms with Gasteiger partial charge in [-0.25, -0.2) is 4.98 Å². The van der Waals surface area contributed by atoms with Gasteiger partial charge in [0.1, 0.15) is 0 Å². The van der Waals surface area contributed by atoms with Crippen LogP contribution >= 0.6 is 11.8 Å². The Kier molecular flexibility index (Phi) is 5.61. The van der Waals surface area contributed by atoms with Crippen LogP contribution in [0.2, 0.25) is 0 Å². The van der Waals surface area contributed by atoms with E-state index >= 15 is 0 Å². The van der Waals surface area contributed by atoms with Crippen LogP contribution in [0.5, 0.6) is 0 Å². The van der Waals surface area contributed by atoms with E-state index in [1.165, 1.54) is 19.3 Å². The molecular formula is C19H25N3OS. The van der Waals surface area contributed by atoms with E-state index in [9.17, 15) is 4.79 Å². The summed E-state index contributed by atoms with van der Waals surface area (Å²) in [6.45, 7) is 2.24. The van der Waals surface area contributed by atoms with Crippen LogP contribution in [0.4, 0.5) is 0 Å². The molecule has 0 bridgehead atoms. The van der Waals surface area contributed by atoms with E-state index < -0.39 is 0 Å². The molecule has 1 aromatic heterocycles. The Hall–Kier alpha value is -1.75. The second kappa shape index (κ2) is 7.88. The quantitative estimate of drug-likeness (QED) is 0.834. The van der Waals surface area contributed by atoms with Crippen LogP contribution in [0.15, 0.2) is 41.8 Å². The molecule has 2 atom stereocenters. The van der Waals surface area contributed by atoms with Crippen molar-refractivity contribution in [1.82, 2.24) is 14.9 Å². The smallest absolute Gasteiger partial charge is 0.251 e. The molecule has 24 heavy (non-hydrogen) atoms. The maximum absolute atomic E-state index is 12.6. The number of benzene rings is 1. The van der Waals surface area contributed by atoms with Crippen LogP contribution in [-0.4, -0.2) is 21.5 Å². The first-order valence-corrected chi connectivity index (χ1v) is 9.62. The lowest BCUT2D eigenvalue weighted by Gasteiger charge is -2.29. The standard InChI is InChI=1S/C19H25N3OS/c1-14-6-3-4-9-17(14)21-18(23)16-8-5-7-15(12-16)13-24-19-20-10-11-22(19)2/h5,7-8,10-12,14,17H,3-4,6,9,13H2,1-2H3,(H,21,23). The molecule has 1 saturated carbocycles. The fourth-order valence-electron chi connectivity index (χ4n) is 3.22. The van der Waals surface area contributed by atoms with Crippen molar-refractivity contribution < 1.29 is 4.79 Å². The highest BCUT2D eigenvalue weighted by Gasteiger charge is 2.23. The number of thioether (sulfide) groups is 1. The molecule has 1 N–H and O–H groups in total. The average molecular weight is 343 g/mol. The Morgan fingerprint density at radius 1 is 1.38 bits per heavy atom. The number of rotatable bonds is 5. The summed E-state index contributed by atoms with van der Waals surface area (Å²) >= 11 is 1.68. The SMILES string of the molecule is CC1CCCCC1NC(=O)c1cccc(CSc2nccn2C)c1. The van der Waals surface area contributed by atoms with Crippen molar-refractivity contribution in [3.63, 3.8) is 0 Å². The van der Waals surface area contributed by atoms with Gasteiger partial charge in [-0.1, -0.05) is 43.7 Å². The van der Waals surface area contributed by atoms with Crippen molar-refractivity contribution in [2.75, 3.05) is 0 Å². The van der Waals surface area contributed by atoms with Crippen molar-refractivity contribution >= 4 is 17.7 Å². The highest BCUT2D eigenvalue weighted by atomic mass is 32.2. The number of nitrogens with zero attached hydrogens (tertiary/aromatic N) is 2. The largest absolute Gasteiger partial charge is 0.349 e.